The van der Waals surface area contributed by atoms with Crippen molar-refractivity contribution in [3.05, 3.63) is 17.5 Å². The van der Waals surface area contributed by atoms with Crippen molar-refractivity contribution in [3.8, 4) is 0 Å². The van der Waals surface area contributed by atoms with Gasteiger partial charge >= 0.3 is 0 Å². The van der Waals surface area contributed by atoms with Gasteiger partial charge in [0.15, 0.2) is 0 Å². The quantitative estimate of drug-likeness (QED) is 0.772. The van der Waals surface area contributed by atoms with E-state index in [0.717, 1.165) is 12.1 Å². The summed E-state index contributed by atoms with van der Waals surface area (Å²) in [5.74, 6) is 0. The maximum absolute atomic E-state index is 5.80. The van der Waals surface area contributed by atoms with Crippen LogP contribution >= 0.6 is 0 Å². The van der Waals surface area contributed by atoms with E-state index >= 15 is 0 Å². The fraction of sp³-hybridized carbons (Fsp3) is 0.700. The molecule has 1 atom stereocenters. The number of aryl methyl sites for hydroxylation is 1. The molecular formula is C10H19N3. The molecule has 0 aliphatic carbocycles. The molecule has 0 aliphatic heterocycles. The van der Waals surface area contributed by atoms with Crippen LogP contribution in [-0.2, 0) is 6.54 Å². The van der Waals surface area contributed by atoms with E-state index in [1.807, 2.05) is 17.8 Å². The highest BCUT2D eigenvalue weighted by Crippen LogP contribution is 2.14. The summed E-state index contributed by atoms with van der Waals surface area (Å²) in [7, 11) is 0. The average Bonchev–Trinajstić information content (AvgIpc) is 2.43. The lowest BCUT2D eigenvalue weighted by Gasteiger charge is -2.06. The first kappa shape index (κ1) is 10.3. The van der Waals surface area contributed by atoms with Gasteiger partial charge < -0.3 is 5.73 Å². The summed E-state index contributed by atoms with van der Waals surface area (Å²) in [6, 6.07) is 0.0929. The molecule has 0 fully saturated rings. The molecule has 1 aromatic rings. The van der Waals surface area contributed by atoms with Gasteiger partial charge in [0.25, 0.3) is 0 Å². The van der Waals surface area contributed by atoms with Gasteiger partial charge in [0.1, 0.15) is 0 Å². The Morgan fingerprint density at radius 2 is 2.31 bits per heavy atom. The fourth-order valence-corrected chi connectivity index (χ4v) is 1.44. The van der Waals surface area contributed by atoms with Gasteiger partial charge in [0.05, 0.1) is 6.20 Å². The van der Waals surface area contributed by atoms with Gasteiger partial charge in [-0.1, -0.05) is 13.3 Å². The number of hydrogen-bond donors (Lipinski definition) is 1. The van der Waals surface area contributed by atoms with Crippen molar-refractivity contribution >= 4 is 0 Å². The molecule has 3 nitrogen and oxygen atoms in total. The van der Waals surface area contributed by atoms with Gasteiger partial charge in [-0.15, -0.1) is 0 Å². The Morgan fingerprint density at radius 3 is 2.77 bits per heavy atom. The topological polar surface area (TPSA) is 43.8 Å². The second kappa shape index (κ2) is 4.42. The van der Waals surface area contributed by atoms with Crippen LogP contribution in [-0.4, -0.2) is 9.78 Å². The standard InChI is InChI=1S/C10H19N3/c1-4-5-6-13-9(3)10(7-12-13)8(2)11/h7-8H,4-6,11H2,1-3H3. The highest BCUT2D eigenvalue weighted by molar-refractivity contribution is 5.19. The van der Waals surface area contributed by atoms with Crippen LogP contribution in [0.5, 0.6) is 0 Å². The predicted octanol–water partition coefficient (Wildman–Crippen LogP) is 2.01. The van der Waals surface area contributed by atoms with Crippen LogP contribution in [0.2, 0.25) is 0 Å². The van der Waals surface area contributed by atoms with Crippen molar-refractivity contribution in [1.82, 2.24) is 9.78 Å². The summed E-state index contributed by atoms with van der Waals surface area (Å²) in [4.78, 5) is 0. The molecule has 74 valence electrons. The minimum Gasteiger partial charge on any atom is -0.324 e. The maximum atomic E-state index is 5.80. The molecule has 1 rings (SSSR count). The molecule has 13 heavy (non-hydrogen) atoms. The molecule has 0 aliphatic rings. The summed E-state index contributed by atoms with van der Waals surface area (Å²) in [6.45, 7) is 7.27. The Labute approximate surface area is 79.9 Å². The SMILES string of the molecule is CCCCn1ncc(C(C)N)c1C. The van der Waals surface area contributed by atoms with Gasteiger partial charge in [-0.05, 0) is 20.3 Å². The predicted molar refractivity (Wildman–Crippen MR) is 54.5 cm³/mol. The van der Waals surface area contributed by atoms with Crippen LogP contribution in [0.25, 0.3) is 0 Å². The molecule has 0 amide bonds. The lowest BCUT2D eigenvalue weighted by molar-refractivity contribution is 0.557. The van der Waals surface area contributed by atoms with E-state index in [1.165, 1.54) is 18.5 Å². The summed E-state index contributed by atoms with van der Waals surface area (Å²) in [5.41, 5.74) is 8.18. The summed E-state index contributed by atoms with van der Waals surface area (Å²) >= 11 is 0. The Kier molecular flexibility index (Phi) is 3.48. The van der Waals surface area contributed by atoms with Crippen molar-refractivity contribution in [2.24, 2.45) is 5.73 Å². The minimum atomic E-state index is 0.0929. The van der Waals surface area contributed by atoms with Crippen molar-refractivity contribution in [1.29, 1.82) is 0 Å². The highest BCUT2D eigenvalue weighted by atomic mass is 15.3. The molecule has 2 N–H and O–H groups in total. The zero-order valence-corrected chi connectivity index (χ0v) is 8.75. The van der Waals surface area contributed by atoms with Gasteiger partial charge in [0, 0.05) is 23.8 Å². The van der Waals surface area contributed by atoms with Crippen LogP contribution < -0.4 is 5.73 Å². The van der Waals surface area contributed by atoms with Gasteiger partial charge in [0.2, 0.25) is 0 Å². The smallest absolute Gasteiger partial charge is 0.0540 e. The molecule has 0 aromatic carbocycles. The maximum Gasteiger partial charge on any atom is 0.0540 e. The second-order valence-corrected chi connectivity index (χ2v) is 3.55. The third kappa shape index (κ3) is 2.31. The van der Waals surface area contributed by atoms with Crippen molar-refractivity contribution in [2.45, 2.75) is 46.2 Å². The molecule has 0 bridgehead atoms. The molecule has 0 saturated carbocycles. The molecule has 1 aromatic heterocycles. The first-order valence-electron chi connectivity index (χ1n) is 4.94. The molecule has 1 unspecified atom stereocenters. The van der Waals surface area contributed by atoms with Crippen LogP contribution in [0.4, 0.5) is 0 Å². The molecule has 0 spiro atoms. The summed E-state index contributed by atoms with van der Waals surface area (Å²) in [5, 5.41) is 4.31. The number of nitrogens with zero attached hydrogens (tertiary/aromatic N) is 2. The number of nitrogens with two attached hydrogens (primary N) is 1. The monoisotopic (exact) mass is 181 g/mol. The molecule has 0 radical (unpaired) electrons. The number of hydrogen-bond acceptors (Lipinski definition) is 2. The molecule has 3 heteroatoms. The van der Waals surface area contributed by atoms with Crippen LogP contribution in [0, 0.1) is 6.92 Å². The zero-order chi connectivity index (χ0) is 9.84. The van der Waals surface area contributed by atoms with E-state index in [4.69, 9.17) is 5.73 Å². The van der Waals surface area contributed by atoms with Crippen molar-refractivity contribution in [2.75, 3.05) is 0 Å². The van der Waals surface area contributed by atoms with E-state index in [0.29, 0.717) is 0 Å². The fourth-order valence-electron chi connectivity index (χ4n) is 1.44. The zero-order valence-electron chi connectivity index (χ0n) is 8.75. The highest BCUT2D eigenvalue weighted by Gasteiger charge is 2.08. The van der Waals surface area contributed by atoms with E-state index in [9.17, 15) is 0 Å². The molecule has 1 heterocycles. The van der Waals surface area contributed by atoms with E-state index in [2.05, 4.69) is 18.9 Å². The number of rotatable bonds is 4. The normalized spacial score (nSPS) is 13.2. The number of unbranched alkanes of at least 4 members (excludes halogenated alkanes) is 1. The summed E-state index contributed by atoms with van der Waals surface area (Å²) < 4.78 is 2.04. The van der Waals surface area contributed by atoms with Crippen molar-refractivity contribution < 1.29 is 0 Å². The van der Waals surface area contributed by atoms with E-state index in [-0.39, 0.29) is 6.04 Å². The van der Waals surface area contributed by atoms with Crippen molar-refractivity contribution in [3.63, 3.8) is 0 Å². The first-order chi connectivity index (χ1) is 6.16. The Bertz CT molecular complexity index is 263. The Hall–Kier alpha value is -0.830. The minimum absolute atomic E-state index is 0.0929. The molecular weight excluding hydrogens is 162 g/mol. The van der Waals surface area contributed by atoms with Crippen LogP contribution in [0.15, 0.2) is 6.20 Å². The summed E-state index contributed by atoms with van der Waals surface area (Å²) in [6.07, 6.45) is 4.27. The third-order valence-electron chi connectivity index (χ3n) is 2.36. The second-order valence-electron chi connectivity index (χ2n) is 3.55. The van der Waals surface area contributed by atoms with Crippen LogP contribution in [0.3, 0.4) is 0 Å². The number of aromatic nitrogens is 2. The lowest BCUT2D eigenvalue weighted by atomic mass is 10.1. The Morgan fingerprint density at radius 1 is 1.62 bits per heavy atom. The molecule has 0 saturated heterocycles. The van der Waals surface area contributed by atoms with Crippen LogP contribution in [0.1, 0.15) is 44.0 Å². The third-order valence-corrected chi connectivity index (χ3v) is 2.36. The Balaban J connectivity index is 2.74. The largest absolute Gasteiger partial charge is 0.324 e. The lowest BCUT2D eigenvalue weighted by Crippen LogP contribution is -2.07. The van der Waals surface area contributed by atoms with Gasteiger partial charge in [-0.2, -0.15) is 5.10 Å². The first-order valence-corrected chi connectivity index (χ1v) is 4.94. The van der Waals surface area contributed by atoms with Gasteiger partial charge in [-0.25, -0.2) is 0 Å². The average molecular weight is 181 g/mol. The van der Waals surface area contributed by atoms with Gasteiger partial charge in [-0.3, -0.25) is 4.68 Å². The van der Waals surface area contributed by atoms with E-state index < -0.39 is 0 Å². The van der Waals surface area contributed by atoms with E-state index in [1.54, 1.807) is 0 Å².